The van der Waals surface area contributed by atoms with Crippen LogP contribution in [0.5, 0.6) is 17.2 Å². The fourth-order valence-electron chi connectivity index (χ4n) is 4.71. The van der Waals surface area contributed by atoms with Gasteiger partial charge in [0.05, 0.1) is 6.54 Å². The van der Waals surface area contributed by atoms with Crippen LogP contribution in [0.15, 0.2) is 102 Å². The number of thiazole rings is 1. The van der Waals surface area contributed by atoms with Gasteiger partial charge in [-0.2, -0.15) is 0 Å². The maximum absolute atomic E-state index is 13.2. The van der Waals surface area contributed by atoms with Gasteiger partial charge in [-0.1, -0.05) is 60.7 Å². The standard InChI is InChI=1S/C34H30FN3O4S/c35-28-11-6-24(7-12-28)17-36-34(39)30-22-43-33(37-30)20-38(19-27-10-15-31-32(16-27)42-23-41-31)18-25-8-13-29(14-9-25)40-21-26-4-2-1-3-5-26/h1-16,22H,17-21,23H2,(H,36,39). The highest BCUT2D eigenvalue weighted by molar-refractivity contribution is 7.09. The number of rotatable bonds is 12. The minimum Gasteiger partial charge on any atom is -0.489 e. The Labute approximate surface area is 253 Å². The predicted octanol–water partition coefficient (Wildman–Crippen LogP) is 6.72. The van der Waals surface area contributed by atoms with Gasteiger partial charge in [-0.3, -0.25) is 9.69 Å². The largest absolute Gasteiger partial charge is 0.489 e. The van der Waals surface area contributed by atoms with Crippen LogP contribution in [0, 0.1) is 5.82 Å². The van der Waals surface area contributed by atoms with Crippen molar-refractivity contribution in [3.8, 4) is 17.2 Å². The van der Waals surface area contributed by atoms with Crippen molar-refractivity contribution < 1.29 is 23.4 Å². The number of ether oxygens (including phenoxy) is 3. The van der Waals surface area contributed by atoms with Crippen molar-refractivity contribution in [2.24, 2.45) is 0 Å². The molecule has 1 aromatic heterocycles. The molecule has 0 aliphatic carbocycles. The topological polar surface area (TPSA) is 72.9 Å². The average Bonchev–Trinajstić information content (AvgIpc) is 3.70. The van der Waals surface area contributed by atoms with Crippen LogP contribution in [0.4, 0.5) is 4.39 Å². The fourth-order valence-corrected chi connectivity index (χ4v) is 5.53. The number of nitrogens with zero attached hydrogens (tertiary/aromatic N) is 2. The first kappa shape index (κ1) is 28.4. The lowest BCUT2D eigenvalue weighted by molar-refractivity contribution is 0.0946. The molecule has 6 rings (SSSR count). The fraction of sp³-hybridized carbons (Fsp3) is 0.176. The van der Waals surface area contributed by atoms with Crippen molar-refractivity contribution in [2.45, 2.75) is 32.8 Å². The average molecular weight is 596 g/mol. The molecule has 0 saturated heterocycles. The summed E-state index contributed by atoms with van der Waals surface area (Å²) in [5, 5.41) is 5.46. The summed E-state index contributed by atoms with van der Waals surface area (Å²) in [5.74, 6) is 1.73. The van der Waals surface area contributed by atoms with Crippen LogP contribution in [-0.4, -0.2) is 22.6 Å². The van der Waals surface area contributed by atoms with Gasteiger partial charge >= 0.3 is 0 Å². The van der Waals surface area contributed by atoms with Gasteiger partial charge in [0.25, 0.3) is 5.91 Å². The zero-order chi connectivity index (χ0) is 29.4. The number of hydrogen-bond acceptors (Lipinski definition) is 7. The van der Waals surface area contributed by atoms with E-state index in [2.05, 4.69) is 27.3 Å². The highest BCUT2D eigenvalue weighted by Gasteiger charge is 2.17. The molecule has 0 unspecified atom stereocenters. The molecule has 0 spiro atoms. The third-order valence-corrected chi connectivity index (χ3v) is 7.76. The molecule has 0 saturated carbocycles. The Bertz CT molecular complexity index is 1660. The molecule has 0 bridgehead atoms. The lowest BCUT2D eigenvalue weighted by Gasteiger charge is -2.22. The minimum atomic E-state index is -0.308. The van der Waals surface area contributed by atoms with E-state index in [-0.39, 0.29) is 18.5 Å². The van der Waals surface area contributed by atoms with E-state index in [0.29, 0.717) is 38.5 Å². The first-order valence-electron chi connectivity index (χ1n) is 13.9. The SMILES string of the molecule is O=C(NCc1ccc(F)cc1)c1csc(CN(Cc2ccc(OCc3ccccc3)cc2)Cc2ccc3c(c2)OCO3)n1. The second kappa shape index (κ2) is 13.5. The number of aromatic nitrogens is 1. The van der Waals surface area contributed by atoms with Crippen LogP contribution in [0.3, 0.4) is 0 Å². The summed E-state index contributed by atoms with van der Waals surface area (Å²) in [6.07, 6.45) is 0. The highest BCUT2D eigenvalue weighted by Crippen LogP contribution is 2.33. The van der Waals surface area contributed by atoms with E-state index in [4.69, 9.17) is 14.2 Å². The summed E-state index contributed by atoms with van der Waals surface area (Å²) in [6, 6.07) is 30.2. The minimum absolute atomic E-state index is 0.228. The number of hydrogen-bond donors (Lipinski definition) is 1. The smallest absolute Gasteiger partial charge is 0.271 e. The number of fused-ring (bicyclic) bond motifs is 1. The van der Waals surface area contributed by atoms with E-state index in [1.54, 1.807) is 17.5 Å². The van der Waals surface area contributed by atoms with Crippen molar-refractivity contribution in [2.75, 3.05) is 6.79 Å². The Morgan fingerprint density at radius 2 is 1.56 bits per heavy atom. The molecule has 0 fully saturated rings. The van der Waals surface area contributed by atoms with Crippen LogP contribution in [-0.2, 0) is 32.8 Å². The van der Waals surface area contributed by atoms with Crippen LogP contribution < -0.4 is 19.5 Å². The van der Waals surface area contributed by atoms with Gasteiger partial charge < -0.3 is 19.5 Å². The van der Waals surface area contributed by atoms with Gasteiger partial charge in [0, 0.05) is 25.0 Å². The molecule has 1 N–H and O–H groups in total. The molecule has 0 atom stereocenters. The zero-order valence-corrected chi connectivity index (χ0v) is 24.2. The molecule has 0 radical (unpaired) electrons. The molecule has 5 aromatic rings. The van der Waals surface area contributed by atoms with E-state index in [0.717, 1.165) is 44.5 Å². The summed E-state index contributed by atoms with van der Waals surface area (Å²) in [6.45, 7) is 2.91. The van der Waals surface area contributed by atoms with Crippen molar-refractivity contribution >= 4 is 17.2 Å². The quantitative estimate of drug-likeness (QED) is 0.173. The van der Waals surface area contributed by atoms with Crippen molar-refractivity contribution in [3.63, 3.8) is 0 Å². The van der Waals surface area contributed by atoms with Gasteiger partial charge in [0.1, 0.15) is 28.9 Å². The first-order chi connectivity index (χ1) is 21.1. The molecule has 1 aliphatic rings. The summed E-state index contributed by atoms with van der Waals surface area (Å²) in [7, 11) is 0. The van der Waals surface area contributed by atoms with Gasteiger partial charge in [-0.25, -0.2) is 9.37 Å². The Balaban J connectivity index is 1.12. The van der Waals surface area contributed by atoms with Gasteiger partial charge in [-0.15, -0.1) is 11.3 Å². The molecule has 9 heteroatoms. The van der Waals surface area contributed by atoms with E-state index in [9.17, 15) is 9.18 Å². The molecule has 1 amide bonds. The monoisotopic (exact) mass is 595 g/mol. The van der Waals surface area contributed by atoms with Crippen LogP contribution in [0.1, 0.15) is 37.7 Å². The van der Waals surface area contributed by atoms with E-state index >= 15 is 0 Å². The lowest BCUT2D eigenvalue weighted by Crippen LogP contribution is -2.24. The van der Waals surface area contributed by atoms with Gasteiger partial charge in [-0.05, 0) is 58.7 Å². The Kier molecular flexibility index (Phi) is 8.91. The third kappa shape index (κ3) is 7.77. The van der Waals surface area contributed by atoms with Crippen LogP contribution >= 0.6 is 11.3 Å². The van der Waals surface area contributed by atoms with Crippen molar-refractivity contribution in [3.05, 3.63) is 141 Å². The Morgan fingerprint density at radius 3 is 2.37 bits per heavy atom. The van der Waals surface area contributed by atoms with Gasteiger partial charge in [0.2, 0.25) is 6.79 Å². The molecular formula is C34H30FN3O4S. The van der Waals surface area contributed by atoms with Gasteiger partial charge in [0.15, 0.2) is 11.5 Å². The second-order valence-electron chi connectivity index (χ2n) is 10.2. The second-order valence-corrected chi connectivity index (χ2v) is 11.1. The molecule has 7 nitrogen and oxygen atoms in total. The van der Waals surface area contributed by atoms with E-state index in [1.165, 1.54) is 23.5 Å². The molecule has 218 valence electrons. The summed E-state index contributed by atoms with van der Waals surface area (Å²) < 4.78 is 30.2. The number of carbonyl (C=O) groups excluding carboxylic acids is 1. The lowest BCUT2D eigenvalue weighted by atomic mass is 10.1. The maximum Gasteiger partial charge on any atom is 0.271 e. The molecular weight excluding hydrogens is 565 g/mol. The number of amides is 1. The molecule has 43 heavy (non-hydrogen) atoms. The molecule has 2 heterocycles. The Morgan fingerprint density at radius 1 is 0.837 bits per heavy atom. The number of benzene rings is 4. The summed E-state index contributed by atoms with van der Waals surface area (Å²) in [4.78, 5) is 19.7. The summed E-state index contributed by atoms with van der Waals surface area (Å²) in [5.41, 5.74) is 4.51. The predicted molar refractivity (Wildman–Crippen MR) is 162 cm³/mol. The summed E-state index contributed by atoms with van der Waals surface area (Å²) >= 11 is 1.45. The van der Waals surface area contributed by atoms with Crippen LogP contribution in [0.25, 0.3) is 0 Å². The zero-order valence-electron chi connectivity index (χ0n) is 23.4. The third-order valence-electron chi connectivity index (χ3n) is 6.93. The van der Waals surface area contributed by atoms with Crippen molar-refractivity contribution in [1.82, 2.24) is 15.2 Å². The first-order valence-corrected chi connectivity index (χ1v) is 14.8. The number of carbonyl (C=O) groups is 1. The van der Waals surface area contributed by atoms with Crippen molar-refractivity contribution in [1.29, 1.82) is 0 Å². The normalized spacial score (nSPS) is 12.0. The van der Waals surface area contributed by atoms with Crippen LogP contribution in [0.2, 0.25) is 0 Å². The van der Waals surface area contributed by atoms with E-state index in [1.807, 2.05) is 60.7 Å². The number of nitrogens with one attached hydrogen (secondary N) is 1. The maximum atomic E-state index is 13.2. The number of halogens is 1. The highest BCUT2D eigenvalue weighted by atomic mass is 32.1. The Hall–Kier alpha value is -4.73. The molecule has 4 aromatic carbocycles. The van der Waals surface area contributed by atoms with E-state index < -0.39 is 0 Å². The molecule has 1 aliphatic heterocycles.